The lowest BCUT2D eigenvalue weighted by atomic mass is 9.99. The van der Waals surface area contributed by atoms with Crippen LogP contribution in [-0.2, 0) is 13.0 Å². The first kappa shape index (κ1) is 16.1. The zero-order valence-corrected chi connectivity index (χ0v) is 14.3. The van der Waals surface area contributed by atoms with Crippen molar-refractivity contribution in [2.45, 2.75) is 39.8 Å². The molecule has 21 heavy (non-hydrogen) atoms. The molecule has 0 bridgehead atoms. The molecule has 5 nitrogen and oxygen atoms in total. The maximum atomic E-state index is 5.77. The molecule has 0 amide bonds. The van der Waals surface area contributed by atoms with E-state index in [4.69, 9.17) is 5.84 Å². The summed E-state index contributed by atoms with van der Waals surface area (Å²) in [6.45, 7) is 7.29. The van der Waals surface area contributed by atoms with Crippen molar-refractivity contribution in [3.05, 3.63) is 46.0 Å². The monoisotopic (exact) mass is 351 g/mol. The molecule has 0 radical (unpaired) electrons. The molecule has 3 N–H and O–H groups in total. The van der Waals surface area contributed by atoms with E-state index in [1.54, 1.807) is 6.33 Å². The number of nitrogens with zero attached hydrogens (tertiary/aromatic N) is 3. The van der Waals surface area contributed by atoms with Crippen LogP contribution >= 0.6 is 15.9 Å². The molecule has 2 rings (SSSR count). The summed E-state index contributed by atoms with van der Waals surface area (Å²) in [5.41, 5.74) is 5.28. The van der Waals surface area contributed by atoms with Crippen molar-refractivity contribution in [1.82, 2.24) is 20.2 Å². The standard InChI is InChI=1S/C15H22BrN5/c1-10(2)8-21-15(18-9-19-21)7-14(20-17)13-6-12(16)5-4-11(13)3/h4-6,9-10,14,20H,7-8,17H2,1-3H3. The second kappa shape index (κ2) is 7.15. The zero-order chi connectivity index (χ0) is 15.4. The molecule has 1 aromatic carbocycles. The van der Waals surface area contributed by atoms with Crippen LogP contribution in [0.2, 0.25) is 0 Å². The number of aromatic nitrogens is 3. The maximum absolute atomic E-state index is 5.77. The number of benzene rings is 1. The van der Waals surface area contributed by atoms with Crippen LogP contribution in [0, 0.1) is 12.8 Å². The second-order valence-electron chi connectivity index (χ2n) is 5.68. The van der Waals surface area contributed by atoms with Crippen molar-refractivity contribution in [1.29, 1.82) is 0 Å². The van der Waals surface area contributed by atoms with Crippen LogP contribution in [0.25, 0.3) is 0 Å². The number of nitrogens with one attached hydrogen (secondary N) is 1. The number of aryl methyl sites for hydroxylation is 1. The van der Waals surface area contributed by atoms with Crippen molar-refractivity contribution in [3.63, 3.8) is 0 Å². The zero-order valence-electron chi connectivity index (χ0n) is 12.7. The van der Waals surface area contributed by atoms with Crippen LogP contribution in [0.5, 0.6) is 0 Å². The van der Waals surface area contributed by atoms with Gasteiger partial charge in [0.1, 0.15) is 12.2 Å². The Morgan fingerprint density at radius 3 is 2.81 bits per heavy atom. The summed E-state index contributed by atoms with van der Waals surface area (Å²) in [6.07, 6.45) is 2.32. The van der Waals surface area contributed by atoms with E-state index in [0.717, 1.165) is 16.8 Å². The van der Waals surface area contributed by atoms with Gasteiger partial charge in [-0.15, -0.1) is 0 Å². The largest absolute Gasteiger partial charge is 0.271 e. The Kier molecular flexibility index (Phi) is 5.50. The summed E-state index contributed by atoms with van der Waals surface area (Å²) < 4.78 is 3.01. The average Bonchev–Trinajstić information content (AvgIpc) is 2.85. The molecule has 2 aromatic rings. The molecule has 1 unspecified atom stereocenters. The van der Waals surface area contributed by atoms with E-state index in [0.29, 0.717) is 12.3 Å². The van der Waals surface area contributed by atoms with Crippen LogP contribution in [0.3, 0.4) is 0 Å². The first-order valence-corrected chi connectivity index (χ1v) is 7.89. The third-order valence-electron chi connectivity index (χ3n) is 3.44. The molecule has 0 fully saturated rings. The van der Waals surface area contributed by atoms with E-state index >= 15 is 0 Å². The summed E-state index contributed by atoms with van der Waals surface area (Å²) in [5.74, 6) is 7.25. The van der Waals surface area contributed by atoms with Gasteiger partial charge in [0.2, 0.25) is 0 Å². The van der Waals surface area contributed by atoms with Crippen molar-refractivity contribution in [2.75, 3.05) is 0 Å². The van der Waals surface area contributed by atoms with Gasteiger partial charge in [0.25, 0.3) is 0 Å². The number of hydrogen-bond acceptors (Lipinski definition) is 4. The molecule has 0 aliphatic rings. The van der Waals surface area contributed by atoms with Crippen molar-refractivity contribution in [2.24, 2.45) is 11.8 Å². The highest BCUT2D eigenvalue weighted by Gasteiger charge is 2.17. The highest BCUT2D eigenvalue weighted by Crippen LogP contribution is 2.24. The predicted molar refractivity (Wildman–Crippen MR) is 87.5 cm³/mol. The van der Waals surface area contributed by atoms with Gasteiger partial charge >= 0.3 is 0 Å². The Hall–Kier alpha value is -1.24. The Labute approximate surface area is 134 Å². The van der Waals surface area contributed by atoms with Gasteiger partial charge in [0.05, 0.1) is 6.04 Å². The van der Waals surface area contributed by atoms with Gasteiger partial charge in [-0.25, -0.2) is 9.67 Å². The Morgan fingerprint density at radius 2 is 2.14 bits per heavy atom. The molecular weight excluding hydrogens is 330 g/mol. The average molecular weight is 352 g/mol. The lowest BCUT2D eigenvalue weighted by Gasteiger charge is -2.19. The molecule has 1 aromatic heterocycles. The van der Waals surface area contributed by atoms with Crippen molar-refractivity contribution >= 4 is 15.9 Å². The van der Waals surface area contributed by atoms with E-state index in [9.17, 15) is 0 Å². The molecule has 6 heteroatoms. The molecule has 0 saturated heterocycles. The highest BCUT2D eigenvalue weighted by molar-refractivity contribution is 9.10. The lowest BCUT2D eigenvalue weighted by molar-refractivity contribution is 0.446. The quantitative estimate of drug-likeness (QED) is 0.620. The molecular formula is C15H22BrN5. The van der Waals surface area contributed by atoms with E-state index in [-0.39, 0.29) is 6.04 Å². The normalized spacial score (nSPS) is 12.9. The van der Waals surface area contributed by atoms with E-state index < -0.39 is 0 Å². The Balaban J connectivity index is 2.23. The second-order valence-corrected chi connectivity index (χ2v) is 6.59. The van der Waals surface area contributed by atoms with Crippen LogP contribution < -0.4 is 11.3 Å². The van der Waals surface area contributed by atoms with Crippen molar-refractivity contribution < 1.29 is 0 Å². The first-order valence-electron chi connectivity index (χ1n) is 7.10. The summed E-state index contributed by atoms with van der Waals surface area (Å²) >= 11 is 3.52. The molecule has 114 valence electrons. The number of halogens is 1. The number of hydrogen-bond donors (Lipinski definition) is 2. The topological polar surface area (TPSA) is 68.8 Å². The maximum Gasteiger partial charge on any atom is 0.138 e. The molecule has 0 aliphatic heterocycles. The first-order chi connectivity index (χ1) is 10.0. The van der Waals surface area contributed by atoms with Gasteiger partial charge in [0.15, 0.2) is 0 Å². The fraction of sp³-hybridized carbons (Fsp3) is 0.467. The van der Waals surface area contributed by atoms with E-state index in [2.05, 4.69) is 64.3 Å². The molecule has 0 spiro atoms. The smallest absolute Gasteiger partial charge is 0.138 e. The molecule has 1 heterocycles. The highest BCUT2D eigenvalue weighted by atomic mass is 79.9. The van der Waals surface area contributed by atoms with E-state index in [1.807, 2.05) is 10.7 Å². The lowest BCUT2D eigenvalue weighted by Crippen LogP contribution is -2.31. The summed E-state index contributed by atoms with van der Waals surface area (Å²) in [4.78, 5) is 4.38. The SMILES string of the molecule is Cc1ccc(Br)cc1C(Cc1ncnn1CC(C)C)NN. The van der Waals surface area contributed by atoms with Gasteiger partial charge in [-0.3, -0.25) is 11.3 Å². The van der Waals surface area contributed by atoms with Gasteiger partial charge in [-0.2, -0.15) is 5.10 Å². The molecule has 0 aliphatic carbocycles. The Morgan fingerprint density at radius 1 is 1.38 bits per heavy atom. The minimum absolute atomic E-state index is 0.0117. The van der Waals surface area contributed by atoms with Gasteiger partial charge in [0, 0.05) is 17.4 Å². The fourth-order valence-corrected chi connectivity index (χ4v) is 2.75. The van der Waals surface area contributed by atoms with Gasteiger partial charge in [-0.1, -0.05) is 35.8 Å². The summed E-state index contributed by atoms with van der Waals surface area (Å²) in [5, 5.41) is 4.31. The summed E-state index contributed by atoms with van der Waals surface area (Å²) in [7, 11) is 0. The minimum Gasteiger partial charge on any atom is -0.271 e. The number of hydrazine groups is 1. The summed E-state index contributed by atoms with van der Waals surface area (Å²) in [6, 6.07) is 6.23. The third kappa shape index (κ3) is 4.12. The molecule has 0 saturated carbocycles. The van der Waals surface area contributed by atoms with Gasteiger partial charge in [-0.05, 0) is 36.1 Å². The van der Waals surface area contributed by atoms with Gasteiger partial charge < -0.3 is 0 Å². The number of nitrogens with two attached hydrogens (primary N) is 1. The fourth-order valence-electron chi connectivity index (χ4n) is 2.37. The van der Waals surface area contributed by atoms with Crippen LogP contribution in [0.4, 0.5) is 0 Å². The number of rotatable bonds is 6. The third-order valence-corrected chi connectivity index (χ3v) is 3.93. The molecule has 1 atom stereocenters. The van der Waals surface area contributed by atoms with Crippen molar-refractivity contribution in [3.8, 4) is 0 Å². The van der Waals surface area contributed by atoms with E-state index in [1.165, 1.54) is 11.1 Å². The van der Waals surface area contributed by atoms with Crippen LogP contribution in [-0.4, -0.2) is 14.8 Å². The van der Waals surface area contributed by atoms with Crippen LogP contribution in [0.15, 0.2) is 29.0 Å². The Bertz CT molecular complexity index is 593. The predicted octanol–water partition coefficient (Wildman–Crippen LogP) is 2.75. The van der Waals surface area contributed by atoms with Crippen LogP contribution in [0.1, 0.15) is 36.8 Å². The minimum atomic E-state index is 0.0117.